The van der Waals surface area contributed by atoms with E-state index < -0.39 is 29.6 Å². The van der Waals surface area contributed by atoms with Crippen LogP contribution in [0, 0.1) is 6.92 Å². The van der Waals surface area contributed by atoms with Crippen molar-refractivity contribution in [3.8, 4) is 0 Å². The topological polar surface area (TPSA) is 80.6 Å². The summed E-state index contributed by atoms with van der Waals surface area (Å²) in [5.41, 5.74) is -0.379. The molecule has 2 rings (SSSR count). The highest BCUT2D eigenvalue weighted by molar-refractivity contribution is 7.12. The van der Waals surface area contributed by atoms with Gasteiger partial charge in [0.2, 0.25) is 5.76 Å². The molecule has 0 aliphatic rings. The predicted octanol–water partition coefficient (Wildman–Crippen LogP) is 4.10. The summed E-state index contributed by atoms with van der Waals surface area (Å²) in [7, 11) is 1.18. The normalized spacial score (nSPS) is 11.2. The van der Waals surface area contributed by atoms with E-state index in [0.717, 1.165) is 17.4 Å². The molecular formula is C13H11F3N2O4S. The van der Waals surface area contributed by atoms with E-state index >= 15 is 0 Å². The molecule has 0 unspecified atom stereocenters. The fraction of sp³-hybridized carbons (Fsp3) is 0.231. The van der Waals surface area contributed by atoms with E-state index in [0.29, 0.717) is 0 Å². The van der Waals surface area contributed by atoms with Gasteiger partial charge in [-0.2, -0.15) is 13.2 Å². The Labute approximate surface area is 132 Å². The van der Waals surface area contributed by atoms with Gasteiger partial charge in [-0.15, -0.1) is 11.3 Å². The van der Waals surface area contributed by atoms with Crippen LogP contribution in [0.15, 0.2) is 21.9 Å². The van der Waals surface area contributed by atoms with Crippen molar-refractivity contribution in [1.29, 1.82) is 0 Å². The average molecular weight is 348 g/mol. The number of alkyl halides is 3. The second kappa shape index (κ2) is 6.32. The van der Waals surface area contributed by atoms with Crippen LogP contribution in [0.2, 0.25) is 0 Å². The number of carbonyl (C=O) groups excluding carboxylic acids is 2. The molecule has 2 aromatic rings. The van der Waals surface area contributed by atoms with Crippen molar-refractivity contribution in [2.45, 2.75) is 13.1 Å². The lowest BCUT2D eigenvalue weighted by molar-refractivity contribution is -0.152. The summed E-state index contributed by atoms with van der Waals surface area (Å²) in [4.78, 5) is 23.5. The summed E-state index contributed by atoms with van der Waals surface area (Å²) >= 11 is 1.03. The standard InChI is InChI=1S/C13H11F3N2O4S/c1-6-5-8(10(22-6)13(14,15)16)18-12(20)17-7-3-4-23-9(7)11(19)21-2/h3-5H,1-2H3,(H2,17,18,20). The van der Waals surface area contributed by atoms with Gasteiger partial charge in [-0.1, -0.05) is 0 Å². The number of methoxy groups -OCH3 is 1. The van der Waals surface area contributed by atoms with Gasteiger partial charge in [0.05, 0.1) is 18.5 Å². The summed E-state index contributed by atoms with van der Waals surface area (Å²) in [5.74, 6) is -1.97. The number of carbonyl (C=O) groups is 2. The smallest absolute Gasteiger partial charge is 0.451 e. The van der Waals surface area contributed by atoms with Gasteiger partial charge in [0.25, 0.3) is 0 Å². The minimum absolute atomic E-state index is 0.00147. The van der Waals surface area contributed by atoms with E-state index in [4.69, 9.17) is 0 Å². The average Bonchev–Trinajstić information content (AvgIpc) is 3.04. The summed E-state index contributed by atoms with van der Waals surface area (Å²) in [5, 5.41) is 5.87. The number of nitrogens with one attached hydrogen (secondary N) is 2. The quantitative estimate of drug-likeness (QED) is 0.819. The maximum absolute atomic E-state index is 12.8. The Morgan fingerprint density at radius 3 is 2.52 bits per heavy atom. The second-order valence-corrected chi connectivity index (χ2v) is 5.25. The molecule has 6 nitrogen and oxygen atoms in total. The number of urea groups is 1. The third-order valence-electron chi connectivity index (χ3n) is 2.65. The number of furan rings is 1. The summed E-state index contributed by atoms with van der Waals surface area (Å²) in [6.07, 6.45) is -4.74. The molecule has 124 valence electrons. The predicted molar refractivity (Wildman–Crippen MR) is 76.7 cm³/mol. The first-order valence-electron chi connectivity index (χ1n) is 6.14. The summed E-state index contributed by atoms with van der Waals surface area (Å²) in [6, 6.07) is 1.54. The molecule has 0 aliphatic heterocycles. The van der Waals surface area contributed by atoms with Crippen molar-refractivity contribution in [3.63, 3.8) is 0 Å². The van der Waals surface area contributed by atoms with Crippen LogP contribution in [0.25, 0.3) is 0 Å². The van der Waals surface area contributed by atoms with Crippen LogP contribution in [0.4, 0.5) is 29.3 Å². The number of anilines is 2. The third-order valence-corrected chi connectivity index (χ3v) is 3.54. The Hall–Kier alpha value is -2.49. The Bertz CT molecular complexity index is 736. The van der Waals surface area contributed by atoms with Crippen LogP contribution in [0.3, 0.4) is 0 Å². The van der Waals surface area contributed by atoms with Crippen LogP contribution in [-0.4, -0.2) is 19.1 Å². The Kier molecular flexibility index (Phi) is 4.64. The van der Waals surface area contributed by atoms with Crippen molar-refractivity contribution >= 4 is 34.7 Å². The molecule has 2 heterocycles. The minimum Gasteiger partial charge on any atom is -0.465 e. The number of halogens is 3. The van der Waals surface area contributed by atoms with Gasteiger partial charge in [0, 0.05) is 6.07 Å². The maximum atomic E-state index is 12.8. The summed E-state index contributed by atoms with van der Waals surface area (Å²) in [6.45, 7) is 1.33. The van der Waals surface area contributed by atoms with E-state index in [1.807, 2.05) is 5.32 Å². The highest BCUT2D eigenvalue weighted by Crippen LogP contribution is 2.37. The minimum atomic E-state index is -4.74. The lowest BCUT2D eigenvalue weighted by Crippen LogP contribution is -2.21. The molecule has 0 fully saturated rings. The van der Waals surface area contributed by atoms with Gasteiger partial charge >= 0.3 is 18.2 Å². The molecule has 0 radical (unpaired) electrons. The molecular weight excluding hydrogens is 337 g/mol. The number of aryl methyl sites for hydroxylation is 1. The molecule has 0 aliphatic carbocycles. The largest absolute Gasteiger partial charge is 0.465 e. The summed E-state index contributed by atoms with van der Waals surface area (Å²) < 4.78 is 47.4. The lowest BCUT2D eigenvalue weighted by atomic mass is 10.3. The first-order chi connectivity index (χ1) is 10.7. The molecule has 2 N–H and O–H groups in total. The van der Waals surface area contributed by atoms with Gasteiger partial charge < -0.3 is 19.8 Å². The highest BCUT2D eigenvalue weighted by Gasteiger charge is 2.38. The van der Waals surface area contributed by atoms with Crippen molar-refractivity contribution in [2.24, 2.45) is 0 Å². The zero-order valence-corrected chi connectivity index (χ0v) is 12.7. The van der Waals surface area contributed by atoms with Crippen LogP contribution >= 0.6 is 11.3 Å². The number of hydrogen-bond acceptors (Lipinski definition) is 5. The van der Waals surface area contributed by atoms with Gasteiger partial charge in [0.15, 0.2) is 0 Å². The first-order valence-corrected chi connectivity index (χ1v) is 7.01. The van der Waals surface area contributed by atoms with Crippen LogP contribution in [0.1, 0.15) is 21.2 Å². The number of rotatable bonds is 3. The van der Waals surface area contributed by atoms with Crippen molar-refractivity contribution in [2.75, 3.05) is 17.7 Å². The van der Waals surface area contributed by atoms with Crippen LogP contribution < -0.4 is 10.6 Å². The second-order valence-electron chi connectivity index (χ2n) is 4.33. The molecule has 2 aromatic heterocycles. The first kappa shape index (κ1) is 16.9. The Morgan fingerprint density at radius 2 is 1.91 bits per heavy atom. The molecule has 0 spiro atoms. The van der Waals surface area contributed by atoms with E-state index in [1.54, 1.807) is 0 Å². The van der Waals surface area contributed by atoms with Crippen molar-refractivity contribution in [3.05, 3.63) is 33.9 Å². The Morgan fingerprint density at radius 1 is 1.26 bits per heavy atom. The number of amides is 2. The van der Waals surface area contributed by atoms with Crippen molar-refractivity contribution in [1.82, 2.24) is 0 Å². The number of thiophene rings is 1. The maximum Gasteiger partial charge on any atom is 0.451 e. The van der Waals surface area contributed by atoms with E-state index in [1.165, 1.54) is 25.5 Å². The van der Waals surface area contributed by atoms with E-state index in [-0.39, 0.29) is 16.3 Å². The SMILES string of the molecule is COC(=O)c1sccc1NC(=O)Nc1cc(C)oc1C(F)(F)F. The molecule has 0 atom stereocenters. The van der Waals surface area contributed by atoms with Gasteiger partial charge in [-0.25, -0.2) is 9.59 Å². The number of esters is 1. The lowest BCUT2D eigenvalue weighted by Gasteiger charge is -2.09. The van der Waals surface area contributed by atoms with Gasteiger partial charge in [-0.05, 0) is 18.4 Å². The Balaban J connectivity index is 2.15. The highest BCUT2D eigenvalue weighted by atomic mass is 32.1. The van der Waals surface area contributed by atoms with E-state index in [2.05, 4.69) is 14.5 Å². The number of hydrogen-bond donors (Lipinski definition) is 2. The van der Waals surface area contributed by atoms with Crippen LogP contribution in [-0.2, 0) is 10.9 Å². The molecule has 0 aromatic carbocycles. The van der Waals surface area contributed by atoms with E-state index in [9.17, 15) is 22.8 Å². The fourth-order valence-corrected chi connectivity index (χ4v) is 2.52. The zero-order chi connectivity index (χ0) is 17.2. The molecule has 2 amide bonds. The van der Waals surface area contributed by atoms with Gasteiger partial charge in [0.1, 0.15) is 10.6 Å². The third kappa shape index (κ3) is 3.83. The molecule has 0 saturated carbocycles. The molecule has 10 heteroatoms. The van der Waals surface area contributed by atoms with Crippen molar-refractivity contribution < 1.29 is 31.9 Å². The molecule has 0 saturated heterocycles. The van der Waals surface area contributed by atoms with Crippen LogP contribution in [0.5, 0.6) is 0 Å². The fourth-order valence-electron chi connectivity index (χ4n) is 1.75. The molecule has 0 bridgehead atoms. The number of ether oxygens (including phenoxy) is 1. The monoisotopic (exact) mass is 348 g/mol. The van der Waals surface area contributed by atoms with Gasteiger partial charge in [-0.3, -0.25) is 0 Å². The zero-order valence-electron chi connectivity index (χ0n) is 11.9. The molecule has 23 heavy (non-hydrogen) atoms.